The number of para-hydroxylation sites is 1. The number of hydrogen-bond donors (Lipinski definition) is 1. The molecule has 0 spiro atoms. The number of aliphatic imine (C=N–C) groups is 2. The van der Waals surface area contributed by atoms with E-state index in [1.807, 2.05) is 60.0 Å². The fourth-order valence-corrected chi connectivity index (χ4v) is 6.51. The zero-order chi connectivity index (χ0) is 27.7. The van der Waals surface area contributed by atoms with Gasteiger partial charge in [-0.15, -0.1) is 0 Å². The molecule has 1 saturated carbocycles. The number of aromatic nitrogens is 1. The van der Waals surface area contributed by atoms with Gasteiger partial charge >= 0.3 is 0 Å². The highest BCUT2D eigenvalue weighted by Crippen LogP contribution is 2.34. The average molecular weight is 523 g/mol. The molecule has 0 amide bonds. The average Bonchev–Trinajstić information content (AvgIpc) is 3.04. The summed E-state index contributed by atoms with van der Waals surface area (Å²) in [6.07, 6.45) is 4.75. The summed E-state index contributed by atoms with van der Waals surface area (Å²) in [5.41, 5.74) is 6.08. The van der Waals surface area contributed by atoms with Crippen LogP contribution in [0.25, 0.3) is 16.5 Å². The van der Waals surface area contributed by atoms with Crippen molar-refractivity contribution in [2.75, 3.05) is 6.54 Å². The quantitative estimate of drug-likeness (QED) is 0.374. The summed E-state index contributed by atoms with van der Waals surface area (Å²) >= 11 is 0. The Morgan fingerprint density at radius 3 is 2.64 bits per heavy atom. The van der Waals surface area contributed by atoms with Crippen LogP contribution in [0.3, 0.4) is 0 Å². The van der Waals surface area contributed by atoms with Crippen LogP contribution in [-0.4, -0.2) is 28.2 Å². The van der Waals surface area contributed by atoms with E-state index in [9.17, 15) is 4.79 Å². The number of nitrogens with one attached hydrogen (secondary N) is 1. The van der Waals surface area contributed by atoms with Crippen molar-refractivity contribution in [2.45, 2.75) is 72.8 Å². The van der Waals surface area contributed by atoms with Gasteiger partial charge in [-0.05, 0) is 92.9 Å². The SMILES string of the molecule is CCC1CC2C(=NCC(C)CCC2=NC(C)c2cc3cccc(C)c3c(=O)n2-c2ccccc2)CC(C)C1=N. The maximum Gasteiger partial charge on any atom is 0.263 e. The number of rotatable bonds is 4. The van der Waals surface area contributed by atoms with Crippen molar-refractivity contribution in [3.05, 3.63) is 76.2 Å². The highest BCUT2D eigenvalue weighted by Gasteiger charge is 2.35. The second-order valence-corrected chi connectivity index (χ2v) is 11.8. The lowest BCUT2D eigenvalue weighted by molar-refractivity contribution is 0.524. The largest absolute Gasteiger partial charge is 0.309 e. The zero-order valence-electron chi connectivity index (χ0n) is 24.1. The molecular weight excluding hydrogens is 480 g/mol. The number of fused-ring (bicyclic) bond motifs is 2. The van der Waals surface area contributed by atoms with Crippen molar-refractivity contribution < 1.29 is 0 Å². The van der Waals surface area contributed by atoms with Gasteiger partial charge < -0.3 is 5.41 Å². The minimum absolute atomic E-state index is 0.00942. The van der Waals surface area contributed by atoms with Crippen LogP contribution < -0.4 is 5.56 Å². The second-order valence-electron chi connectivity index (χ2n) is 11.8. The molecule has 5 atom stereocenters. The Hall–Kier alpha value is -3.34. The first-order chi connectivity index (χ1) is 18.8. The Bertz CT molecular complexity index is 1480. The number of aryl methyl sites for hydroxylation is 1. The van der Waals surface area contributed by atoms with Crippen LogP contribution in [-0.2, 0) is 0 Å². The normalized spacial score (nSPS) is 25.9. The topological polar surface area (TPSA) is 70.6 Å². The summed E-state index contributed by atoms with van der Waals surface area (Å²) < 4.78 is 1.87. The molecule has 1 aliphatic heterocycles. The van der Waals surface area contributed by atoms with E-state index in [4.69, 9.17) is 15.4 Å². The third-order valence-corrected chi connectivity index (χ3v) is 8.89. The molecule has 204 valence electrons. The van der Waals surface area contributed by atoms with Gasteiger partial charge in [0.1, 0.15) is 0 Å². The highest BCUT2D eigenvalue weighted by molar-refractivity contribution is 6.10. The van der Waals surface area contributed by atoms with Crippen LogP contribution in [0, 0.1) is 36.0 Å². The Morgan fingerprint density at radius 1 is 1.13 bits per heavy atom. The van der Waals surface area contributed by atoms with Crippen molar-refractivity contribution in [2.24, 2.45) is 33.7 Å². The van der Waals surface area contributed by atoms with E-state index in [0.717, 1.165) is 72.1 Å². The Balaban J connectivity index is 1.66. The van der Waals surface area contributed by atoms with Gasteiger partial charge in [-0.1, -0.05) is 57.2 Å². The van der Waals surface area contributed by atoms with Crippen LogP contribution in [0.2, 0.25) is 0 Å². The first kappa shape index (κ1) is 27.2. The lowest BCUT2D eigenvalue weighted by Crippen LogP contribution is -2.29. The first-order valence-electron chi connectivity index (χ1n) is 14.7. The predicted molar refractivity (Wildman–Crippen MR) is 164 cm³/mol. The Morgan fingerprint density at radius 2 is 1.90 bits per heavy atom. The molecule has 1 N–H and O–H groups in total. The molecule has 5 rings (SSSR count). The maximum absolute atomic E-state index is 14.0. The minimum atomic E-state index is -0.200. The van der Waals surface area contributed by atoms with E-state index < -0.39 is 0 Å². The van der Waals surface area contributed by atoms with E-state index in [1.165, 1.54) is 11.4 Å². The molecule has 5 heteroatoms. The standard InChI is InChI=1S/C34H42N4O/c1-6-25-18-28-29(16-15-21(2)20-36-30(28)17-23(4)33(25)35)37-24(5)31-19-26-12-10-11-22(3)32(26)34(39)38(31)27-13-8-7-9-14-27/h7-14,19,21,23-25,28,35H,6,15-18,20H2,1-5H3. The molecule has 1 aromatic heterocycles. The van der Waals surface area contributed by atoms with Crippen LogP contribution in [0.1, 0.15) is 77.1 Å². The summed E-state index contributed by atoms with van der Waals surface area (Å²) in [7, 11) is 0. The van der Waals surface area contributed by atoms with Gasteiger partial charge in [0.15, 0.2) is 0 Å². The lowest BCUT2D eigenvalue weighted by atomic mass is 9.83. The molecule has 5 unspecified atom stereocenters. The fraction of sp³-hybridized carbons (Fsp3) is 0.471. The lowest BCUT2D eigenvalue weighted by Gasteiger charge is -2.27. The van der Waals surface area contributed by atoms with E-state index in [1.54, 1.807) is 0 Å². The molecule has 0 saturated heterocycles. The number of pyridine rings is 1. The molecule has 5 nitrogen and oxygen atoms in total. The minimum Gasteiger partial charge on any atom is -0.309 e. The summed E-state index contributed by atoms with van der Waals surface area (Å²) in [4.78, 5) is 24.6. The van der Waals surface area contributed by atoms with Crippen molar-refractivity contribution in [1.82, 2.24) is 4.57 Å². The summed E-state index contributed by atoms with van der Waals surface area (Å²) in [5, 5.41) is 10.6. The van der Waals surface area contributed by atoms with Crippen LogP contribution in [0.4, 0.5) is 0 Å². The summed E-state index contributed by atoms with van der Waals surface area (Å²) in [6, 6.07) is 18.0. The van der Waals surface area contributed by atoms with Gasteiger partial charge in [0.2, 0.25) is 0 Å². The molecule has 2 aromatic carbocycles. The van der Waals surface area contributed by atoms with Crippen LogP contribution >= 0.6 is 0 Å². The van der Waals surface area contributed by atoms with E-state index in [0.29, 0.717) is 5.92 Å². The number of nitrogens with zero attached hydrogens (tertiary/aromatic N) is 3. The predicted octanol–water partition coefficient (Wildman–Crippen LogP) is 7.76. The Labute approximate surface area is 232 Å². The number of hydrogen-bond acceptors (Lipinski definition) is 4. The summed E-state index contributed by atoms with van der Waals surface area (Å²) in [6.45, 7) is 11.7. The van der Waals surface area contributed by atoms with Gasteiger partial charge in [0.25, 0.3) is 5.56 Å². The van der Waals surface area contributed by atoms with Gasteiger partial charge in [0.05, 0.1) is 17.1 Å². The van der Waals surface area contributed by atoms with E-state index in [-0.39, 0.29) is 29.4 Å². The zero-order valence-corrected chi connectivity index (χ0v) is 24.1. The smallest absolute Gasteiger partial charge is 0.263 e. The molecule has 2 aliphatic rings. The van der Waals surface area contributed by atoms with Crippen molar-refractivity contribution >= 4 is 27.9 Å². The Kier molecular flexibility index (Phi) is 7.97. The highest BCUT2D eigenvalue weighted by atomic mass is 16.1. The molecular formula is C34H42N4O. The molecule has 0 radical (unpaired) electrons. The third kappa shape index (κ3) is 5.41. The molecule has 39 heavy (non-hydrogen) atoms. The van der Waals surface area contributed by atoms with E-state index in [2.05, 4.69) is 33.8 Å². The first-order valence-corrected chi connectivity index (χ1v) is 14.7. The summed E-state index contributed by atoms with van der Waals surface area (Å²) in [5.74, 6) is 1.17. The van der Waals surface area contributed by atoms with Crippen molar-refractivity contribution in [3.63, 3.8) is 0 Å². The van der Waals surface area contributed by atoms with Gasteiger partial charge in [-0.2, -0.15) is 0 Å². The van der Waals surface area contributed by atoms with Crippen LogP contribution in [0.15, 0.2) is 69.4 Å². The monoisotopic (exact) mass is 522 g/mol. The third-order valence-electron chi connectivity index (χ3n) is 8.89. The molecule has 1 fully saturated rings. The second kappa shape index (κ2) is 11.4. The molecule has 1 aliphatic carbocycles. The van der Waals surface area contributed by atoms with Gasteiger partial charge in [-0.25, -0.2) is 0 Å². The van der Waals surface area contributed by atoms with Crippen molar-refractivity contribution in [1.29, 1.82) is 5.41 Å². The van der Waals surface area contributed by atoms with Gasteiger partial charge in [-0.3, -0.25) is 19.3 Å². The van der Waals surface area contributed by atoms with Gasteiger partial charge in [0, 0.05) is 35.3 Å². The molecule has 3 aromatic rings. The molecule has 2 heterocycles. The van der Waals surface area contributed by atoms with Crippen molar-refractivity contribution in [3.8, 4) is 5.69 Å². The number of benzene rings is 2. The maximum atomic E-state index is 14.0. The fourth-order valence-electron chi connectivity index (χ4n) is 6.51. The van der Waals surface area contributed by atoms with Crippen LogP contribution in [0.5, 0.6) is 0 Å². The van der Waals surface area contributed by atoms with E-state index >= 15 is 0 Å². The molecule has 0 bridgehead atoms.